The van der Waals surface area contributed by atoms with Crippen LogP contribution in [0.3, 0.4) is 0 Å². The highest BCUT2D eigenvalue weighted by Gasteiger charge is 2.23. The molecule has 8 nitrogen and oxygen atoms in total. The van der Waals surface area contributed by atoms with Gasteiger partial charge in [0.2, 0.25) is 5.91 Å². The summed E-state index contributed by atoms with van der Waals surface area (Å²) in [7, 11) is 0. The lowest BCUT2D eigenvalue weighted by atomic mass is 9.86. The third-order valence-electron chi connectivity index (χ3n) is 4.98. The number of rotatable bonds is 7. The predicted molar refractivity (Wildman–Crippen MR) is 112 cm³/mol. The van der Waals surface area contributed by atoms with E-state index in [-0.39, 0.29) is 17.7 Å². The van der Waals surface area contributed by atoms with E-state index in [1.165, 1.54) is 18.2 Å². The minimum absolute atomic E-state index is 0.0687. The number of nitrogens with zero attached hydrogens (tertiary/aromatic N) is 4. The van der Waals surface area contributed by atoms with Crippen molar-refractivity contribution < 1.29 is 9.59 Å². The van der Waals surface area contributed by atoms with Crippen LogP contribution < -0.4 is 10.6 Å². The predicted octanol–water partition coefficient (Wildman–Crippen LogP) is 3.02. The van der Waals surface area contributed by atoms with Crippen LogP contribution >= 0.6 is 11.8 Å². The standard InChI is InChI=1S/C20H26N6O2S/c1-3-12-26-18(15-8-10-21-11-9-15)24-25-20(26)29-13-17(27)23-19(28)22-16-7-5-4-6-14(16)2/h3,8-11,14,16H,1,4-7,12-13H2,2H3,(H2,22,23,27,28)/t14-,16+/m0/s1. The Labute approximate surface area is 174 Å². The van der Waals surface area contributed by atoms with E-state index in [2.05, 4.69) is 39.3 Å². The number of hydrogen-bond donors (Lipinski definition) is 2. The molecule has 3 rings (SSSR count). The Bertz CT molecular complexity index is 854. The lowest BCUT2D eigenvalue weighted by Gasteiger charge is -2.29. The molecule has 0 aromatic carbocycles. The van der Waals surface area contributed by atoms with Gasteiger partial charge in [-0.05, 0) is 30.9 Å². The number of carbonyl (C=O) groups is 2. The van der Waals surface area contributed by atoms with Crippen molar-refractivity contribution in [3.8, 4) is 11.4 Å². The summed E-state index contributed by atoms with van der Waals surface area (Å²) in [6.45, 7) is 6.42. The Balaban J connectivity index is 1.56. The van der Waals surface area contributed by atoms with Crippen molar-refractivity contribution in [3.05, 3.63) is 37.2 Å². The second-order valence-electron chi connectivity index (χ2n) is 7.12. The van der Waals surface area contributed by atoms with Crippen LogP contribution in [0.4, 0.5) is 4.79 Å². The summed E-state index contributed by atoms with van der Waals surface area (Å²) in [4.78, 5) is 28.4. The highest BCUT2D eigenvalue weighted by atomic mass is 32.2. The molecule has 0 bridgehead atoms. The fourth-order valence-corrected chi connectivity index (χ4v) is 4.18. The average molecular weight is 415 g/mol. The molecule has 29 heavy (non-hydrogen) atoms. The zero-order valence-electron chi connectivity index (χ0n) is 16.5. The molecule has 2 atom stereocenters. The first-order valence-electron chi connectivity index (χ1n) is 9.76. The van der Waals surface area contributed by atoms with Crippen molar-refractivity contribution in [2.24, 2.45) is 5.92 Å². The number of carbonyl (C=O) groups excluding carboxylic acids is 2. The zero-order valence-corrected chi connectivity index (χ0v) is 17.3. The first-order chi connectivity index (χ1) is 14.1. The van der Waals surface area contributed by atoms with Crippen LogP contribution in [0.25, 0.3) is 11.4 Å². The summed E-state index contributed by atoms with van der Waals surface area (Å²) in [5, 5.41) is 14.4. The maximum atomic E-state index is 12.2. The van der Waals surface area contributed by atoms with Gasteiger partial charge in [-0.2, -0.15) is 0 Å². The van der Waals surface area contributed by atoms with Gasteiger partial charge in [-0.25, -0.2) is 4.79 Å². The van der Waals surface area contributed by atoms with Crippen molar-refractivity contribution >= 4 is 23.7 Å². The van der Waals surface area contributed by atoms with Gasteiger partial charge in [-0.1, -0.05) is 37.6 Å². The maximum Gasteiger partial charge on any atom is 0.321 e. The van der Waals surface area contributed by atoms with Gasteiger partial charge in [-0.3, -0.25) is 19.7 Å². The van der Waals surface area contributed by atoms with E-state index in [9.17, 15) is 9.59 Å². The smallest absolute Gasteiger partial charge is 0.321 e. The number of aromatic nitrogens is 4. The Morgan fingerprint density at radius 3 is 2.76 bits per heavy atom. The van der Waals surface area contributed by atoms with Crippen LogP contribution in [0.1, 0.15) is 32.6 Å². The molecular weight excluding hydrogens is 388 g/mol. The third kappa shape index (κ3) is 5.66. The van der Waals surface area contributed by atoms with Crippen molar-refractivity contribution in [2.75, 3.05) is 5.75 Å². The molecule has 1 saturated carbocycles. The molecule has 0 radical (unpaired) electrons. The molecule has 0 saturated heterocycles. The van der Waals surface area contributed by atoms with Crippen LogP contribution in [0.15, 0.2) is 42.3 Å². The van der Waals surface area contributed by atoms with Crippen molar-refractivity contribution in [1.82, 2.24) is 30.4 Å². The molecule has 0 spiro atoms. The largest absolute Gasteiger partial charge is 0.335 e. The molecule has 2 heterocycles. The summed E-state index contributed by atoms with van der Waals surface area (Å²) in [5.74, 6) is 0.816. The molecule has 0 unspecified atom stereocenters. The number of allylic oxidation sites excluding steroid dienone is 1. The Morgan fingerprint density at radius 1 is 1.28 bits per heavy atom. The molecule has 1 fully saturated rings. The molecule has 2 N–H and O–H groups in total. The zero-order chi connectivity index (χ0) is 20.6. The SMILES string of the molecule is C=CCn1c(SCC(=O)NC(=O)N[C@@H]2CCCC[C@@H]2C)nnc1-c1ccncc1. The second kappa shape index (κ2) is 10.2. The number of pyridine rings is 1. The quantitative estimate of drug-likeness (QED) is 0.533. The molecule has 1 aliphatic rings. The Morgan fingerprint density at radius 2 is 2.03 bits per heavy atom. The number of imide groups is 1. The first-order valence-corrected chi connectivity index (χ1v) is 10.7. The van der Waals surface area contributed by atoms with E-state index in [1.54, 1.807) is 18.5 Å². The fourth-order valence-electron chi connectivity index (χ4n) is 3.43. The van der Waals surface area contributed by atoms with Gasteiger partial charge in [0.05, 0.1) is 5.75 Å². The normalized spacial score (nSPS) is 18.8. The summed E-state index contributed by atoms with van der Waals surface area (Å²) >= 11 is 1.23. The lowest BCUT2D eigenvalue weighted by Crippen LogP contribution is -2.48. The number of amides is 3. The average Bonchev–Trinajstić information content (AvgIpc) is 3.12. The van der Waals surface area contributed by atoms with E-state index in [0.29, 0.717) is 23.4 Å². The molecular formula is C20H26N6O2S. The minimum Gasteiger partial charge on any atom is -0.335 e. The molecule has 2 aromatic rings. The second-order valence-corrected chi connectivity index (χ2v) is 8.06. The van der Waals surface area contributed by atoms with Gasteiger partial charge < -0.3 is 5.32 Å². The summed E-state index contributed by atoms with van der Waals surface area (Å²) in [5.41, 5.74) is 0.881. The van der Waals surface area contributed by atoms with Crippen LogP contribution in [-0.4, -0.2) is 43.5 Å². The van der Waals surface area contributed by atoms with Gasteiger partial charge in [0.25, 0.3) is 0 Å². The molecule has 0 aliphatic heterocycles. The van der Waals surface area contributed by atoms with E-state index >= 15 is 0 Å². The summed E-state index contributed by atoms with van der Waals surface area (Å²) in [6.07, 6.45) is 9.49. The van der Waals surface area contributed by atoms with E-state index in [0.717, 1.165) is 24.8 Å². The molecule has 9 heteroatoms. The van der Waals surface area contributed by atoms with E-state index in [1.807, 2.05) is 16.7 Å². The van der Waals surface area contributed by atoms with Gasteiger partial charge >= 0.3 is 6.03 Å². The summed E-state index contributed by atoms with van der Waals surface area (Å²) in [6, 6.07) is 3.39. The number of nitrogens with one attached hydrogen (secondary N) is 2. The number of urea groups is 1. The van der Waals surface area contributed by atoms with Crippen LogP contribution in [0.5, 0.6) is 0 Å². The molecule has 1 aliphatic carbocycles. The monoisotopic (exact) mass is 414 g/mol. The van der Waals surface area contributed by atoms with Crippen LogP contribution in [0, 0.1) is 5.92 Å². The van der Waals surface area contributed by atoms with E-state index < -0.39 is 6.03 Å². The van der Waals surface area contributed by atoms with Gasteiger partial charge in [0, 0.05) is 30.5 Å². The third-order valence-corrected chi connectivity index (χ3v) is 5.95. The fraction of sp³-hybridized carbons (Fsp3) is 0.450. The highest BCUT2D eigenvalue weighted by molar-refractivity contribution is 7.99. The van der Waals surface area contributed by atoms with Crippen molar-refractivity contribution in [1.29, 1.82) is 0 Å². The minimum atomic E-state index is -0.431. The Hall–Kier alpha value is -2.68. The number of hydrogen-bond acceptors (Lipinski definition) is 6. The van der Waals surface area contributed by atoms with Gasteiger partial charge in [0.15, 0.2) is 11.0 Å². The molecule has 3 amide bonds. The molecule has 154 valence electrons. The van der Waals surface area contributed by atoms with Crippen LogP contribution in [-0.2, 0) is 11.3 Å². The first kappa shape index (κ1) is 21.0. The van der Waals surface area contributed by atoms with Gasteiger partial charge in [0.1, 0.15) is 0 Å². The van der Waals surface area contributed by atoms with Crippen molar-refractivity contribution in [3.63, 3.8) is 0 Å². The van der Waals surface area contributed by atoms with E-state index in [4.69, 9.17) is 0 Å². The Kier molecular flexibility index (Phi) is 7.40. The van der Waals surface area contributed by atoms with Crippen molar-refractivity contribution in [2.45, 2.75) is 50.4 Å². The van der Waals surface area contributed by atoms with Gasteiger partial charge in [-0.15, -0.1) is 16.8 Å². The molecule has 2 aromatic heterocycles. The topological polar surface area (TPSA) is 102 Å². The lowest BCUT2D eigenvalue weighted by molar-refractivity contribution is -0.117. The summed E-state index contributed by atoms with van der Waals surface area (Å²) < 4.78 is 1.88. The number of thioether (sulfide) groups is 1. The maximum absolute atomic E-state index is 12.2. The highest BCUT2D eigenvalue weighted by Crippen LogP contribution is 2.24. The van der Waals surface area contributed by atoms with Crippen LogP contribution in [0.2, 0.25) is 0 Å².